The van der Waals surface area contributed by atoms with E-state index in [4.69, 9.17) is 9.16 Å². The second-order valence-electron chi connectivity index (χ2n) is 10.4. The van der Waals surface area contributed by atoms with Gasteiger partial charge < -0.3 is 9.16 Å². The summed E-state index contributed by atoms with van der Waals surface area (Å²) in [4.78, 5) is 12.5. The Bertz CT molecular complexity index is 1010. The maximum atomic E-state index is 12.5. The Hall–Kier alpha value is -2.53. The van der Waals surface area contributed by atoms with E-state index in [2.05, 4.69) is 93.6 Å². The molecule has 0 heterocycles. The maximum absolute atomic E-state index is 12.5. The van der Waals surface area contributed by atoms with Crippen LogP contribution in [0.1, 0.15) is 39.2 Å². The lowest BCUT2D eigenvalue weighted by Gasteiger charge is -2.43. The highest BCUT2D eigenvalue weighted by Crippen LogP contribution is 2.38. The molecule has 3 aromatic rings. The quantitative estimate of drug-likeness (QED) is 0.393. The second kappa shape index (κ2) is 10.8. The number of carbonyl (C=O) groups excluding carboxylic acids is 1. The van der Waals surface area contributed by atoms with Gasteiger partial charge in [-0.2, -0.15) is 0 Å². The zero-order valence-electron chi connectivity index (χ0n) is 20.6. The van der Waals surface area contributed by atoms with Crippen LogP contribution in [0.4, 0.5) is 0 Å². The molecule has 178 valence electrons. The number of hydrogen-bond acceptors (Lipinski definition) is 3. The van der Waals surface area contributed by atoms with Gasteiger partial charge in [0.25, 0.3) is 8.32 Å². The van der Waals surface area contributed by atoms with Crippen LogP contribution in [0.5, 0.6) is 0 Å². The minimum atomic E-state index is -2.60. The molecule has 4 heteroatoms. The highest BCUT2D eigenvalue weighted by Gasteiger charge is 2.51. The Morgan fingerprint density at radius 3 is 1.71 bits per heavy atom. The lowest BCUT2D eigenvalue weighted by molar-refractivity contribution is -0.117. The number of ether oxygens (including phenoxy) is 1. The van der Waals surface area contributed by atoms with E-state index in [9.17, 15) is 4.79 Å². The molecule has 34 heavy (non-hydrogen) atoms. The Kier molecular flexibility index (Phi) is 7.82. The average molecular weight is 473 g/mol. The zero-order valence-corrected chi connectivity index (χ0v) is 21.6. The van der Waals surface area contributed by atoms with E-state index >= 15 is 0 Å². The maximum Gasteiger partial charge on any atom is 0.261 e. The fourth-order valence-corrected chi connectivity index (χ4v) is 9.91. The number of carbonyl (C=O) groups is 1. The van der Waals surface area contributed by atoms with Gasteiger partial charge in [0.05, 0.1) is 13.2 Å². The summed E-state index contributed by atoms with van der Waals surface area (Å²) in [5.74, 6) is 0.712. The summed E-state index contributed by atoms with van der Waals surface area (Å²) < 4.78 is 13.2. The van der Waals surface area contributed by atoms with E-state index in [-0.39, 0.29) is 16.9 Å². The number of rotatable bonds is 9. The van der Waals surface area contributed by atoms with Gasteiger partial charge in [-0.25, -0.2) is 0 Å². The summed E-state index contributed by atoms with van der Waals surface area (Å²) >= 11 is 0. The third kappa shape index (κ3) is 5.41. The normalized spacial score (nSPS) is 18.9. The average Bonchev–Trinajstić information content (AvgIpc) is 3.20. The molecular weight excluding hydrogens is 436 g/mol. The summed E-state index contributed by atoms with van der Waals surface area (Å²) in [5, 5.41) is 2.47. The van der Waals surface area contributed by atoms with E-state index in [1.54, 1.807) is 0 Å². The number of Topliss-reactive ketones (excluding diaryl/α,β-unsaturated/α-hetero) is 1. The Labute approximate surface area is 205 Å². The summed E-state index contributed by atoms with van der Waals surface area (Å²) in [5.41, 5.74) is 1.16. The smallest absolute Gasteiger partial charge is 0.261 e. The predicted octanol–water partition coefficient (Wildman–Crippen LogP) is 5.38. The van der Waals surface area contributed by atoms with Crippen molar-refractivity contribution in [1.29, 1.82) is 0 Å². The molecule has 1 fully saturated rings. The molecule has 0 aliphatic heterocycles. The molecule has 0 unspecified atom stereocenters. The van der Waals surface area contributed by atoms with Crippen molar-refractivity contribution in [1.82, 2.24) is 0 Å². The summed E-state index contributed by atoms with van der Waals surface area (Å²) in [6.45, 7) is 8.63. The lowest BCUT2D eigenvalue weighted by Crippen LogP contribution is -2.67. The molecule has 0 aromatic heterocycles. The number of benzene rings is 3. The van der Waals surface area contributed by atoms with Crippen LogP contribution in [0.2, 0.25) is 5.04 Å². The molecule has 0 saturated heterocycles. The number of hydrogen-bond donors (Lipinski definition) is 0. The van der Waals surface area contributed by atoms with Crippen LogP contribution < -0.4 is 10.4 Å². The Morgan fingerprint density at radius 1 is 0.735 bits per heavy atom. The molecule has 1 aliphatic rings. The molecule has 4 rings (SSSR count). The van der Waals surface area contributed by atoms with Gasteiger partial charge in [0.2, 0.25) is 0 Å². The van der Waals surface area contributed by atoms with Gasteiger partial charge in [-0.1, -0.05) is 112 Å². The van der Waals surface area contributed by atoms with Gasteiger partial charge in [0.1, 0.15) is 5.78 Å². The van der Waals surface area contributed by atoms with Crippen molar-refractivity contribution >= 4 is 24.5 Å². The molecule has 1 saturated carbocycles. The lowest BCUT2D eigenvalue weighted by atomic mass is 9.98. The molecule has 3 nitrogen and oxygen atoms in total. The highest BCUT2D eigenvalue weighted by atomic mass is 28.4. The second-order valence-corrected chi connectivity index (χ2v) is 14.7. The van der Waals surface area contributed by atoms with E-state index in [0.717, 1.165) is 5.56 Å². The van der Waals surface area contributed by atoms with E-state index < -0.39 is 8.32 Å². The van der Waals surface area contributed by atoms with Gasteiger partial charge in [-0.15, -0.1) is 0 Å². The first-order chi connectivity index (χ1) is 16.4. The first-order valence-electron chi connectivity index (χ1n) is 12.3. The summed E-state index contributed by atoms with van der Waals surface area (Å²) in [6.07, 6.45) is 1.17. The van der Waals surface area contributed by atoms with Crippen LogP contribution >= 0.6 is 0 Å². The number of ketones is 1. The molecule has 1 aliphatic carbocycles. The molecular formula is C30H36O3Si. The van der Waals surface area contributed by atoms with Crippen molar-refractivity contribution in [2.75, 3.05) is 13.2 Å². The third-order valence-electron chi connectivity index (χ3n) is 7.02. The summed E-state index contributed by atoms with van der Waals surface area (Å²) in [6, 6.07) is 31.6. The van der Waals surface area contributed by atoms with Crippen molar-refractivity contribution in [2.45, 2.75) is 45.3 Å². The monoisotopic (exact) mass is 472 g/mol. The van der Waals surface area contributed by atoms with Gasteiger partial charge in [0, 0.05) is 19.4 Å². The van der Waals surface area contributed by atoms with Crippen LogP contribution in [-0.4, -0.2) is 27.3 Å². The SMILES string of the molecule is CC(C)(C)[Si](OC[C@H]1CC(=O)C[C@@H]1COCc1ccccc1)(c1ccccc1)c1ccccc1. The first-order valence-corrected chi connectivity index (χ1v) is 14.2. The molecule has 0 amide bonds. The molecule has 2 atom stereocenters. The van der Waals surface area contributed by atoms with Crippen LogP contribution in [0.25, 0.3) is 0 Å². The minimum Gasteiger partial charge on any atom is -0.407 e. The molecule has 0 radical (unpaired) electrons. The van der Waals surface area contributed by atoms with E-state index in [1.807, 2.05) is 18.2 Å². The predicted molar refractivity (Wildman–Crippen MR) is 141 cm³/mol. The standard InChI is InChI=1S/C30H36O3Si/c1-30(2,3)34(28-15-9-5-10-16-28,29-17-11-6-12-18-29)33-23-26-20-27(31)19-25(26)22-32-21-24-13-7-4-8-14-24/h4-18,25-26H,19-23H2,1-3H3/t25-,26-/m1/s1. The van der Waals surface area contributed by atoms with E-state index in [0.29, 0.717) is 38.4 Å². The van der Waals surface area contributed by atoms with Gasteiger partial charge in [-0.05, 0) is 32.8 Å². The van der Waals surface area contributed by atoms with Crippen LogP contribution in [0.3, 0.4) is 0 Å². The molecule has 0 spiro atoms. The van der Waals surface area contributed by atoms with Crippen molar-refractivity contribution in [3.05, 3.63) is 96.6 Å². The van der Waals surface area contributed by atoms with Crippen LogP contribution in [-0.2, 0) is 20.6 Å². The van der Waals surface area contributed by atoms with Crippen molar-refractivity contribution in [3.63, 3.8) is 0 Å². The van der Waals surface area contributed by atoms with Crippen molar-refractivity contribution in [3.8, 4) is 0 Å². The van der Waals surface area contributed by atoms with Gasteiger partial charge in [-0.3, -0.25) is 4.79 Å². The largest absolute Gasteiger partial charge is 0.407 e. The molecule has 0 N–H and O–H groups in total. The van der Waals surface area contributed by atoms with Crippen molar-refractivity contribution in [2.24, 2.45) is 11.8 Å². The van der Waals surface area contributed by atoms with Gasteiger partial charge in [0.15, 0.2) is 0 Å². The van der Waals surface area contributed by atoms with Gasteiger partial charge >= 0.3 is 0 Å². The topological polar surface area (TPSA) is 35.5 Å². The van der Waals surface area contributed by atoms with E-state index in [1.165, 1.54) is 10.4 Å². The van der Waals surface area contributed by atoms with Crippen LogP contribution in [0, 0.1) is 11.8 Å². The molecule has 0 bridgehead atoms. The Balaban J connectivity index is 1.55. The van der Waals surface area contributed by atoms with Crippen LogP contribution in [0.15, 0.2) is 91.0 Å². The first kappa shape index (κ1) is 24.6. The minimum absolute atomic E-state index is 0.0718. The zero-order chi connectivity index (χ0) is 24.0. The fraction of sp³-hybridized carbons (Fsp3) is 0.367. The molecule has 3 aromatic carbocycles. The third-order valence-corrected chi connectivity index (χ3v) is 12.0. The summed E-state index contributed by atoms with van der Waals surface area (Å²) in [7, 11) is -2.60. The van der Waals surface area contributed by atoms with Crippen molar-refractivity contribution < 1.29 is 14.0 Å². The fourth-order valence-electron chi connectivity index (χ4n) is 5.29. The Morgan fingerprint density at radius 2 is 1.21 bits per heavy atom. The highest BCUT2D eigenvalue weighted by molar-refractivity contribution is 6.99.